The molecule has 12 heteroatoms. The molecule has 0 atom stereocenters. The summed E-state index contributed by atoms with van der Waals surface area (Å²) in [6.45, 7) is 2.26. The van der Waals surface area contributed by atoms with Gasteiger partial charge in [-0.15, -0.1) is 0 Å². The Kier molecular flexibility index (Phi) is 8.00. The molecule has 2 heterocycles. The number of benzene rings is 2. The highest BCUT2D eigenvalue weighted by molar-refractivity contribution is 6.04. The largest absolute Gasteiger partial charge is 0.481 e. The number of nitrogens with zero attached hydrogens (tertiary/aromatic N) is 3. The Hall–Kier alpha value is -4.35. The van der Waals surface area contributed by atoms with E-state index in [9.17, 15) is 32.7 Å². The van der Waals surface area contributed by atoms with Crippen molar-refractivity contribution in [3.8, 4) is 11.5 Å². The Balaban J connectivity index is 1.18. The first kappa shape index (κ1) is 28.2. The van der Waals surface area contributed by atoms with Gasteiger partial charge in [0.25, 0.3) is 5.91 Å². The topological polar surface area (TPSA) is 116 Å². The first-order valence-corrected chi connectivity index (χ1v) is 13.4. The third kappa shape index (κ3) is 6.36. The predicted molar refractivity (Wildman–Crippen MR) is 143 cm³/mol. The highest BCUT2D eigenvalue weighted by Gasteiger charge is 2.42. The molecule has 1 aromatic heterocycles. The second kappa shape index (κ2) is 11.6. The first-order valence-electron chi connectivity index (χ1n) is 13.4. The summed E-state index contributed by atoms with van der Waals surface area (Å²) in [5, 5.41) is 11.6. The highest BCUT2D eigenvalue weighted by atomic mass is 19.4. The number of aliphatic carboxylic acids is 1. The van der Waals surface area contributed by atoms with Crippen LogP contribution in [-0.2, 0) is 15.8 Å². The van der Waals surface area contributed by atoms with Gasteiger partial charge < -0.3 is 24.6 Å². The molecule has 5 rings (SSSR count). The zero-order valence-electron chi connectivity index (χ0n) is 22.1. The van der Waals surface area contributed by atoms with Crippen molar-refractivity contribution >= 4 is 29.2 Å². The minimum absolute atomic E-state index is 0.0769. The van der Waals surface area contributed by atoms with Crippen LogP contribution in [0.15, 0.2) is 59.0 Å². The lowest BCUT2D eigenvalue weighted by molar-refractivity contribution is -0.153. The standard InChI is InChI=1S/C29H29F3N4O5/c30-29(31,32)24-23(34-26(41-24)18-4-2-1-3-5-18)25(37)33-21-10-12-22(13-11-21)35-14-16-36(17-15-35)27(38)19-6-8-20(9-7-19)28(39)40/h1-5,10-13,19-20H,6-9,14-17H2,(H,33,37)(H,39,40). The molecule has 9 nitrogen and oxygen atoms in total. The maximum absolute atomic E-state index is 13.6. The minimum Gasteiger partial charge on any atom is -0.481 e. The number of piperazine rings is 1. The number of anilines is 2. The van der Waals surface area contributed by atoms with E-state index >= 15 is 0 Å². The molecular formula is C29H29F3N4O5. The van der Waals surface area contributed by atoms with Crippen LogP contribution in [0.5, 0.6) is 0 Å². The van der Waals surface area contributed by atoms with Crippen LogP contribution in [-0.4, -0.2) is 59.0 Å². The Morgan fingerprint density at radius 2 is 1.49 bits per heavy atom. The number of carbonyl (C=O) groups excluding carboxylic acids is 2. The predicted octanol–water partition coefficient (Wildman–Crippen LogP) is 5.15. The van der Waals surface area contributed by atoms with Crippen LogP contribution in [0.3, 0.4) is 0 Å². The molecule has 1 saturated carbocycles. The number of oxazole rings is 1. The Labute approximate surface area is 234 Å². The lowest BCUT2D eigenvalue weighted by Gasteiger charge is -2.38. The van der Waals surface area contributed by atoms with Gasteiger partial charge in [-0.05, 0) is 62.1 Å². The summed E-state index contributed by atoms with van der Waals surface area (Å²) in [6.07, 6.45) is -2.67. The van der Waals surface area contributed by atoms with E-state index in [0.29, 0.717) is 63.1 Å². The fraction of sp³-hybridized carbons (Fsp3) is 0.379. The lowest BCUT2D eigenvalue weighted by atomic mass is 9.81. The Morgan fingerprint density at radius 1 is 0.878 bits per heavy atom. The Morgan fingerprint density at radius 3 is 2.07 bits per heavy atom. The Bertz CT molecular complexity index is 1390. The van der Waals surface area contributed by atoms with E-state index in [2.05, 4.69) is 15.2 Å². The van der Waals surface area contributed by atoms with E-state index < -0.39 is 29.5 Å². The molecule has 41 heavy (non-hydrogen) atoms. The average Bonchev–Trinajstić information content (AvgIpc) is 3.45. The fourth-order valence-electron chi connectivity index (χ4n) is 5.35. The van der Waals surface area contributed by atoms with Gasteiger partial charge in [0.2, 0.25) is 17.6 Å². The van der Waals surface area contributed by atoms with Gasteiger partial charge >= 0.3 is 12.1 Å². The maximum atomic E-state index is 13.6. The molecule has 2 fully saturated rings. The number of amides is 2. The quantitative estimate of drug-likeness (QED) is 0.421. The third-order valence-electron chi connectivity index (χ3n) is 7.63. The zero-order valence-corrected chi connectivity index (χ0v) is 22.1. The molecule has 2 aliphatic rings. The average molecular weight is 571 g/mol. The second-order valence-electron chi connectivity index (χ2n) is 10.3. The highest BCUT2D eigenvalue weighted by Crippen LogP contribution is 2.36. The van der Waals surface area contributed by atoms with Gasteiger partial charge in [0.15, 0.2) is 5.69 Å². The number of carboxylic acids is 1. The molecule has 1 aliphatic carbocycles. The normalized spacial score (nSPS) is 19.6. The van der Waals surface area contributed by atoms with Gasteiger partial charge in [0.05, 0.1) is 5.92 Å². The number of nitrogens with one attached hydrogen (secondary N) is 1. The number of halogens is 3. The molecule has 0 radical (unpaired) electrons. The van der Waals surface area contributed by atoms with E-state index in [-0.39, 0.29) is 23.6 Å². The second-order valence-corrected chi connectivity index (χ2v) is 10.3. The van der Waals surface area contributed by atoms with Crippen LogP contribution in [0, 0.1) is 11.8 Å². The maximum Gasteiger partial charge on any atom is 0.452 e. The molecule has 3 aromatic rings. The third-order valence-corrected chi connectivity index (χ3v) is 7.63. The van der Waals surface area contributed by atoms with Crippen LogP contribution in [0.25, 0.3) is 11.5 Å². The van der Waals surface area contributed by atoms with Crippen molar-refractivity contribution in [2.24, 2.45) is 11.8 Å². The van der Waals surface area contributed by atoms with Gasteiger partial charge in [-0.25, -0.2) is 4.98 Å². The van der Waals surface area contributed by atoms with E-state index in [1.165, 1.54) is 12.1 Å². The van der Waals surface area contributed by atoms with Crippen molar-refractivity contribution in [2.45, 2.75) is 31.9 Å². The van der Waals surface area contributed by atoms with Crippen LogP contribution in [0.2, 0.25) is 0 Å². The van der Waals surface area contributed by atoms with Gasteiger partial charge in [-0.1, -0.05) is 18.2 Å². The number of aromatic nitrogens is 1. The van der Waals surface area contributed by atoms with Crippen LogP contribution in [0.4, 0.5) is 24.5 Å². The van der Waals surface area contributed by atoms with Crippen molar-refractivity contribution in [3.05, 3.63) is 66.1 Å². The molecule has 2 N–H and O–H groups in total. The van der Waals surface area contributed by atoms with Gasteiger partial charge in [0.1, 0.15) is 0 Å². The first-order chi connectivity index (χ1) is 19.6. The van der Waals surface area contributed by atoms with E-state index in [1.807, 2.05) is 4.90 Å². The molecular weight excluding hydrogens is 541 g/mol. The summed E-state index contributed by atoms with van der Waals surface area (Å²) in [7, 11) is 0. The van der Waals surface area contributed by atoms with Crippen molar-refractivity contribution < 1.29 is 37.1 Å². The number of carbonyl (C=O) groups is 3. The fourth-order valence-corrected chi connectivity index (χ4v) is 5.35. The monoisotopic (exact) mass is 570 g/mol. The summed E-state index contributed by atoms with van der Waals surface area (Å²) >= 11 is 0. The van der Waals surface area contributed by atoms with Crippen molar-refractivity contribution in [1.29, 1.82) is 0 Å². The summed E-state index contributed by atoms with van der Waals surface area (Å²) in [5.41, 5.74) is 0.606. The van der Waals surface area contributed by atoms with E-state index in [4.69, 9.17) is 4.42 Å². The van der Waals surface area contributed by atoms with E-state index in [1.54, 1.807) is 42.5 Å². The van der Waals surface area contributed by atoms with Crippen molar-refractivity contribution in [2.75, 3.05) is 36.4 Å². The molecule has 2 amide bonds. The van der Waals surface area contributed by atoms with Gasteiger partial charge in [-0.2, -0.15) is 13.2 Å². The molecule has 0 bridgehead atoms. The SMILES string of the molecule is O=C(Nc1ccc(N2CCN(C(=O)C3CCC(C(=O)O)CC3)CC2)cc1)c1nc(-c2ccccc2)oc1C(F)(F)F. The lowest BCUT2D eigenvalue weighted by Crippen LogP contribution is -2.50. The smallest absolute Gasteiger partial charge is 0.452 e. The summed E-state index contributed by atoms with van der Waals surface area (Å²) < 4.78 is 45.7. The molecule has 2 aromatic carbocycles. The molecule has 216 valence electrons. The molecule has 0 unspecified atom stereocenters. The number of rotatable bonds is 6. The number of hydrogen-bond acceptors (Lipinski definition) is 6. The summed E-state index contributed by atoms with van der Waals surface area (Å²) in [6, 6.07) is 14.7. The summed E-state index contributed by atoms with van der Waals surface area (Å²) in [4.78, 5) is 44.6. The summed E-state index contributed by atoms with van der Waals surface area (Å²) in [5.74, 6) is -4.02. The molecule has 1 aliphatic heterocycles. The number of hydrogen-bond donors (Lipinski definition) is 2. The molecule has 0 spiro atoms. The van der Waals surface area contributed by atoms with Gasteiger partial charge in [0, 0.05) is 49.0 Å². The van der Waals surface area contributed by atoms with Crippen molar-refractivity contribution in [1.82, 2.24) is 9.88 Å². The minimum atomic E-state index is -4.90. The van der Waals surface area contributed by atoms with E-state index in [0.717, 1.165) is 5.69 Å². The van der Waals surface area contributed by atoms with Crippen LogP contribution < -0.4 is 10.2 Å². The molecule has 1 saturated heterocycles. The number of carboxylic acid groups (broad SMARTS) is 1. The van der Waals surface area contributed by atoms with Gasteiger partial charge in [-0.3, -0.25) is 14.4 Å². The van der Waals surface area contributed by atoms with Crippen LogP contribution >= 0.6 is 0 Å². The van der Waals surface area contributed by atoms with Crippen LogP contribution in [0.1, 0.15) is 41.9 Å². The number of alkyl halides is 3. The zero-order chi connectivity index (χ0) is 29.1. The van der Waals surface area contributed by atoms with Crippen molar-refractivity contribution in [3.63, 3.8) is 0 Å².